The lowest BCUT2D eigenvalue weighted by atomic mass is 9.81. The van der Waals surface area contributed by atoms with Crippen molar-refractivity contribution in [1.82, 2.24) is 5.32 Å². The maximum Gasteiger partial charge on any atom is 0.306 e. The van der Waals surface area contributed by atoms with E-state index in [1.807, 2.05) is 38.1 Å². The zero-order chi connectivity index (χ0) is 16.8. The molecule has 0 saturated heterocycles. The summed E-state index contributed by atoms with van der Waals surface area (Å²) in [6.45, 7) is 4.36. The minimum atomic E-state index is -0.746. The number of nitrogens with one attached hydrogen (secondary N) is 1. The highest BCUT2D eigenvalue weighted by Gasteiger charge is 2.29. The van der Waals surface area contributed by atoms with Gasteiger partial charge in [-0.25, -0.2) is 0 Å². The Morgan fingerprint density at radius 1 is 1.22 bits per heavy atom. The van der Waals surface area contributed by atoms with Crippen LogP contribution in [0.4, 0.5) is 0 Å². The van der Waals surface area contributed by atoms with E-state index in [9.17, 15) is 9.59 Å². The Bertz CT molecular complexity index is 550. The second-order valence-electron chi connectivity index (χ2n) is 6.33. The molecule has 1 aliphatic carbocycles. The van der Waals surface area contributed by atoms with Crippen molar-refractivity contribution in [1.29, 1.82) is 0 Å². The van der Waals surface area contributed by atoms with Gasteiger partial charge in [0.2, 0.25) is 5.91 Å². The molecule has 1 aliphatic rings. The monoisotopic (exact) mass is 319 g/mol. The first-order valence-corrected chi connectivity index (χ1v) is 8.20. The van der Waals surface area contributed by atoms with Crippen molar-refractivity contribution in [3.05, 3.63) is 29.8 Å². The van der Waals surface area contributed by atoms with Crippen LogP contribution >= 0.6 is 0 Å². The van der Waals surface area contributed by atoms with Gasteiger partial charge in [-0.3, -0.25) is 9.59 Å². The molecule has 1 aromatic carbocycles. The average Bonchev–Trinajstić information content (AvgIpc) is 2.55. The first-order chi connectivity index (χ1) is 11.0. The Morgan fingerprint density at radius 3 is 2.43 bits per heavy atom. The number of carbonyl (C=O) groups is 2. The van der Waals surface area contributed by atoms with Gasteiger partial charge < -0.3 is 15.2 Å². The van der Waals surface area contributed by atoms with Crippen molar-refractivity contribution in [2.75, 3.05) is 6.54 Å². The average molecular weight is 319 g/mol. The van der Waals surface area contributed by atoms with E-state index in [-0.39, 0.29) is 23.8 Å². The van der Waals surface area contributed by atoms with Gasteiger partial charge in [-0.15, -0.1) is 0 Å². The van der Waals surface area contributed by atoms with E-state index in [0.29, 0.717) is 32.2 Å². The summed E-state index contributed by atoms with van der Waals surface area (Å²) in [5, 5.41) is 11.9. The van der Waals surface area contributed by atoms with Gasteiger partial charge in [-0.05, 0) is 51.2 Å². The molecule has 1 unspecified atom stereocenters. The molecule has 5 nitrogen and oxygen atoms in total. The molecule has 2 rings (SSSR count). The van der Waals surface area contributed by atoms with Crippen LogP contribution in [0.2, 0.25) is 0 Å². The lowest BCUT2D eigenvalue weighted by Gasteiger charge is -2.26. The van der Waals surface area contributed by atoms with E-state index in [1.54, 1.807) is 0 Å². The Morgan fingerprint density at radius 2 is 1.83 bits per heavy atom. The highest BCUT2D eigenvalue weighted by atomic mass is 16.5. The predicted octanol–water partition coefficient (Wildman–Crippen LogP) is 2.77. The fraction of sp³-hybridized carbons (Fsp3) is 0.556. The van der Waals surface area contributed by atoms with Gasteiger partial charge in [0.05, 0.1) is 12.5 Å². The summed E-state index contributed by atoms with van der Waals surface area (Å²) in [7, 11) is 0. The van der Waals surface area contributed by atoms with Gasteiger partial charge in [-0.1, -0.05) is 18.2 Å². The number of carbonyl (C=O) groups excluding carboxylic acids is 1. The molecule has 1 aromatic rings. The molecule has 0 spiro atoms. The maximum absolute atomic E-state index is 12.2. The number of benzene rings is 1. The first kappa shape index (κ1) is 17.3. The standard InChI is InChI=1S/C18H25NO4/c1-12-5-3-4-6-16(12)23-13(2)11-19-17(20)14-7-9-15(10-8-14)18(21)22/h3-6,13-15H,7-11H2,1-2H3,(H,19,20)(H,21,22). The fourth-order valence-electron chi connectivity index (χ4n) is 2.94. The molecule has 5 heteroatoms. The van der Waals surface area contributed by atoms with Crippen molar-refractivity contribution in [3.8, 4) is 5.75 Å². The number of rotatable bonds is 6. The highest BCUT2D eigenvalue weighted by Crippen LogP contribution is 2.29. The Labute approximate surface area is 137 Å². The Hall–Kier alpha value is -2.04. The Balaban J connectivity index is 1.74. The van der Waals surface area contributed by atoms with Crippen LogP contribution in [0.1, 0.15) is 38.2 Å². The number of hydrogen-bond donors (Lipinski definition) is 2. The van der Waals surface area contributed by atoms with Crippen LogP contribution in [0.5, 0.6) is 5.75 Å². The largest absolute Gasteiger partial charge is 0.489 e. The second kappa shape index (κ2) is 7.99. The van der Waals surface area contributed by atoms with Crippen LogP contribution in [0.15, 0.2) is 24.3 Å². The second-order valence-corrected chi connectivity index (χ2v) is 6.33. The van der Waals surface area contributed by atoms with Crippen LogP contribution in [-0.4, -0.2) is 29.6 Å². The minimum absolute atomic E-state index is 0.00840. The molecule has 0 aliphatic heterocycles. The molecule has 126 valence electrons. The highest BCUT2D eigenvalue weighted by molar-refractivity contribution is 5.79. The summed E-state index contributed by atoms with van der Waals surface area (Å²) in [5.74, 6) is -0.270. The van der Waals surface area contributed by atoms with Crippen molar-refractivity contribution in [2.45, 2.75) is 45.6 Å². The van der Waals surface area contributed by atoms with Crippen molar-refractivity contribution in [3.63, 3.8) is 0 Å². The third kappa shape index (κ3) is 4.98. The number of aliphatic carboxylic acids is 1. The minimum Gasteiger partial charge on any atom is -0.489 e. The summed E-state index contributed by atoms with van der Waals surface area (Å²) in [5.41, 5.74) is 1.07. The summed E-state index contributed by atoms with van der Waals surface area (Å²) in [4.78, 5) is 23.1. The molecule has 0 radical (unpaired) electrons. The van der Waals surface area contributed by atoms with Crippen LogP contribution in [0, 0.1) is 18.8 Å². The number of carboxylic acid groups (broad SMARTS) is 1. The SMILES string of the molecule is Cc1ccccc1OC(C)CNC(=O)C1CCC(C(=O)O)CC1. The summed E-state index contributed by atoms with van der Waals surface area (Å²) in [6, 6.07) is 7.79. The third-order valence-electron chi connectivity index (χ3n) is 4.43. The topological polar surface area (TPSA) is 75.6 Å². The number of carboxylic acids is 1. The van der Waals surface area contributed by atoms with Gasteiger partial charge in [0, 0.05) is 5.92 Å². The number of aryl methyl sites for hydroxylation is 1. The zero-order valence-electron chi connectivity index (χ0n) is 13.7. The van der Waals surface area contributed by atoms with Gasteiger partial charge in [0.25, 0.3) is 0 Å². The smallest absolute Gasteiger partial charge is 0.306 e. The number of hydrogen-bond acceptors (Lipinski definition) is 3. The van der Waals surface area contributed by atoms with E-state index >= 15 is 0 Å². The number of amides is 1. The van der Waals surface area contributed by atoms with E-state index in [1.165, 1.54) is 0 Å². The first-order valence-electron chi connectivity index (χ1n) is 8.20. The molecule has 1 saturated carbocycles. The third-order valence-corrected chi connectivity index (χ3v) is 4.43. The van der Waals surface area contributed by atoms with Crippen LogP contribution in [0.3, 0.4) is 0 Å². The predicted molar refractivity (Wildman–Crippen MR) is 87.4 cm³/mol. The number of para-hydroxylation sites is 1. The molecule has 1 fully saturated rings. The van der Waals surface area contributed by atoms with Gasteiger partial charge in [0.15, 0.2) is 0 Å². The van der Waals surface area contributed by atoms with Crippen molar-refractivity contribution in [2.24, 2.45) is 11.8 Å². The zero-order valence-corrected chi connectivity index (χ0v) is 13.7. The molecule has 1 amide bonds. The van der Waals surface area contributed by atoms with E-state index in [2.05, 4.69) is 5.32 Å². The summed E-state index contributed by atoms with van der Waals surface area (Å²) < 4.78 is 5.84. The van der Waals surface area contributed by atoms with E-state index in [4.69, 9.17) is 9.84 Å². The molecular formula is C18H25NO4. The van der Waals surface area contributed by atoms with Crippen LogP contribution in [-0.2, 0) is 9.59 Å². The summed E-state index contributed by atoms with van der Waals surface area (Å²) in [6.07, 6.45) is 2.35. The Kier molecular flexibility index (Phi) is 6.02. The van der Waals surface area contributed by atoms with E-state index in [0.717, 1.165) is 11.3 Å². The van der Waals surface area contributed by atoms with E-state index < -0.39 is 5.97 Å². The molecule has 23 heavy (non-hydrogen) atoms. The lowest BCUT2D eigenvalue weighted by Crippen LogP contribution is -2.39. The molecule has 0 heterocycles. The number of ether oxygens (including phenoxy) is 1. The van der Waals surface area contributed by atoms with Crippen LogP contribution in [0.25, 0.3) is 0 Å². The fourth-order valence-corrected chi connectivity index (χ4v) is 2.94. The summed E-state index contributed by atoms with van der Waals surface area (Å²) >= 11 is 0. The normalized spacial score (nSPS) is 22.2. The van der Waals surface area contributed by atoms with Gasteiger partial charge in [0.1, 0.15) is 11.9 Å². The molecule has 1 atom stereocenters. The maximum atomic E-state index is 12.2. The van der Waals surface area contributed by atoms with Crippen LogP contribution < -0.4 is 10.1 Å². The molecule has 0 bridgehead atoms. The molecular weight excluding hydrogens is 294 g/mol. The lowest BCUT2D eigenvalue weighted by molar-refractivity contribution is -0.144. The van der Waals surface area contributed by atoms with Crippen molar-refractivity contribution >= 4 is 11.9 Å². The van der Waals surface area contributed by atoms with Crippen molar-refractivity contribution < 1.29 is 19.4 Å². The quantitative estimate of drug-likeness (QED) is 0.845. The molecule has 2 N–H and O–H groups in total. The molecule has 0 aromatic heterocycles. The van der Waals surface area contributed by atoms with Gasteiger partial charge >= 0.3 is 5.97 Å². The van der Waals surface area contributed by atoms with Gasteiger partial charge in [-0.2, -0.15) is 0 Å².